The van der Waals surface area contributed by atoms with Crippen molar-refractivity contribution in [1.82, 2.24) is 4.90 Å². The molecule has 0 spiro atoms. The third-order valence-corrected chi connectivity index (χ3v) is 2.09. The van der Waals surface area contributed by atoms with Crippen molar-refractivity contribution in [3.8, 4) is 0 Å². The molecule has 0 fully saturated rings. The first kappa shape index (κ1) is 17.0. The smallest absolute Gasteiger partial charge is 0.0349 e. The Morgan fingerprint density at radius 2 is 1.80 bits per heavy atom. The van der Waals surface area contributed by atoms with Crippen molar-refractivity contribution in [3.05, 3.63) is 29.3 Å². The summed E-state index contributed by atoms with van der Waals surface area (Å²) >= 11 is 0. The van der Waals surface area contributed by atoms with E-state index in [1.165, 1.54) is 11.1 Å². The van der Waals surface area contributed by atoms with Crippen LogP contribution in [-0.2, 0) is 13.0 Å². The highest BCUT2D eigenvalue weighted by Gasteiger charge is 1.99. The van der Waals surface area contributed by atoms with Crippen molar-refractivity contribution in [1.29, 1.82) is 0 Å². The highest BCUT2D eigenvalue weighted by atomic mass is 35.5. The van der Waals surface area contributed by atoms with Gasteiger partial charge in [0.05, 0.1) is 0 Å². The Balaban J connectivity index is 0. The summed E-state index contributed by atoms with van der Waals surface area (Å²) in [6, 6.07) is 6.34. The number of anilines is 1. The Kier molecular flexibility index (Phi) is 8.83. The third-order valence-electron chi connectivity index (χ3n) is 2.09. The molecule has 0 saturated heterocycles. The molecule has 0 atom stereocenters. The number of halogens is 2. The van der Waals surface area contributed by atoms with Gasteiger partial charge in [0.25, 0.3) is 0 Å². The Hall–Kier alpha value is -0.440. The Bertz CT molecular complexity index is 288. The molecule has 2 N–H and O–H groups in total. The second kappa shape index (κ2) is 7.80. The van der Waals surface area contributed by atoms with Gasteiger partial charge < -0.3 is 10.6 Å². The van der Waals surface area contributed by atoms with E-state index in [0.29, 0.717) is 0 Å². The van der Waals surface area contributed by atoms with Gasteiger partial charge in [-0.05, 0) is 37.7 Å². The second-order valence-corrected chi connectivity index (χ2v) is 3.62. The molecule has 0 heterocycles. The number of aryl methyl sites for hydroxylation is 1. The van der Waals surface area contributed by atoms with Gasteiger partial charge in [-0.1, -0.05) is 19.1 Å². The van der Waals surface area contributed by atoms with E-state index in [1.807, 2.05) is 0 Å². The minimum Gasteiger partial charge on any atom is -0.398 e. The molecule has 15 heavy (non-hydrogen) atoms. The fourth-order valence-corrected chi connectivity index (χ4v) is 1.43. The van der Waals surface area contributed by atoms with Crippen LogP contribution >= 0.6 is 24.8 Å². The lowest BCUT2D eigenvalue weighted by Gasteiger charge is -2.11. The van der Waals surface area contributed by atoms with Gasteiger partial charge in [0.1, 0.15) is 0 Å². The van der Waals surface area contributed by atoms with Crippen molar-refractivity contribution < 1.29 is 0 Å². The molecular weight excluding hydrogens is 231 g/mol. The minimum atomic E-state index is 0. The van der Waals surface area contributed by atoms with Crippen LogP contribution in [0.1, 0.15) is 18.1 Å². The number of nitrogen functional groups attached to an aromatic ring is 1. The van der Waals surface area contributed by atoms with E-state index < -0.39 is 0 Å². The van der Waals surface area contributed by atoms with Crippen LogP contribution in [-0.4, -0.2) is 19.0 Å². The molecule has 88 valence electrons. The summed E-state index contributed by atoms with van der Waals surface area (Å²) in [5.41, 5.74) is 9.32. The van der Waals surface area contributed by atoms with Gasteiger partial charge in [0.2, 0.25) is 0 Å². The maximum atomic E-state index is 5.89. The lowest BCUT2D eigenvalue weighted by Crippen LogP contribution is -2.11. The largest absolute Gasteiger partial charge is 0.398 e. The lowest BCUT2D eigenvalue weighted by atomic mass is 10.1. The van der Waals surface area contributed by atoms with E-state index in [4.69, 9.17) is 5.73 Å². The second-order valence-electron chi connectivity index (χ2n) is 3.62. The topological polar surface area (TPSA) is 29.3 Å². The number of hydrogen-bond donors (Lipinski definition) is 1. The normalized spacial score (nSPS) is 9.33. The van der Waals surface area contributed by atoms with Crippen molar-refractivity contribution in [2.24, 2.45) is 0 Å². The predicted molar refractivity (Wildman–Crippen MR) is 72.1 cm³/mol. The van der Waals surface area contributed by atoms with Crippen molar-refractivity contribution >= 4 is 30.5 Å². The zero-order valence-corrected chi connectivity index (χ0v) is 11.1. The van der Waals surface area contributed by atoms with E-state index in [-0.39, 0.29) is 24.8 Å². The molecule has 1 aromatic rings. The van der Waals surface area contributed by atoms with Crippen LogP contribution in [0.15, 0.2) is 18.2 Å². The monoisotopic (exact) mass is 250 g/mol. The first-order valence-corrected chi connectivity index (χ1v) is 4.65. The van der Waals surface area contributed by atoms with Gasteiger partial charge in [-0.15, -0.1) is 24.8 Å². The molecule has 0 bridgehead atoms. The van der Waals surface area contributed by atoms with Gasteiger partial charge in [-0.2, -0.15) is 0 Å². The summed E-state index contributed by atoms with van der Waals surface area (Å²) in [7, 11) is 4.12. The van der Waals surface area contributed by atoms with E-state index in [0.717, 1.165) is 18.7 Å². The summed E-state index contributed by atoms with van der Waals surface area (Å²) in [5, 5.41) is 0. The summed E-state index contributed by atoms with van der Waals surface area (Å²) in [5.74, 6) is 0. The maximum absolute atomic E-state index is 5.89. The molecule has 0 aliphatic rings. The number of nitrogens with two attached hydrogens (primary N) is 1. The van der Waals surface area contributed by atoms with Gasteiger partial charge in [-0.3, -0.25) is 0 Å². The average Bonchev–Trinajstić information content (AvgIpc) is 2.03. The van der Waals surface area contributed by atoms with Crippen molar-refractivity contribution in [2.75, 3.05) is 19.8 Å². The lowest BCUT2D eigenvalue weighted by molar-refractivity contribution is 0.402. The molecular formula is C11H20Cl2N2. The van der Waals surface area contributed by atoms with Crippen LogP contribution in [0.5, 0.6) is 0 Å². The zero-order chi connectivity index (χ0) is 9.84. The van der Waals surface area contributed by atoms with Gasteiger partial charge in [0.15, 0.2) is 0 Å². The van der Waals surface area contributed by atoms with Crippen molar-refractivity contribution in [3.63, 3.8) is 0 Å². The molecule has 0 aromatic heterocycles. The molecule has 1 rings (SSSR count). The average molecular weight is 251 g/mol. The predicted octanol–water partition coefficient (Wildman–Crippen LogP) is 2.74. The van der Waals surface area contributed by atoms with Crippen LogP contribution in [0.2, 0.25) is 0 Å². The molecule has 0 aliphatic carbocycles. The number of nitrogens with zero attached hydrogens (tertiary/aromatic N) is 1. The van der Waals surface area contributed by atoms with Crippen molar-refractivity contribution in [2.45, 2.75) is 19.9 Å². The van der Waals surface area contributed by atoms with E-state index in [9.17, 15) is 0 Å². The minimum absolute atomic E-state index is 0. The number of rotatable bonds is 3. The van der Waals surface area contributed by atoms with Gasteiger partial charge >= 0.3 is 0 Å². The van der Waals surface area contributed by atoms with E-state index in [2.05, 4.69) is 44.1 Å². The standard InChI is InChI=1S/C11H18N2.2ClH/c1-4-10-6-5-9(7-11(10)12)8-13(2)3;;/h5-7H,4,8,12H2,1-3H3;2*1H. The summed E-state index contributed by atoms with van der Waals surface area (Å²) in [4.78, 5) is 2.14. The van der Waals surface area contributed by atoms with Crippen LogP contribution < -0.4 is 5.73 Å². The van der Waals surface area contributed by atoms with Crippen LogP contribution in [0.25, 0.3) is 0 Å². The van der Waals surface area contributed by atoms with Crippen LogP contribution in [0.3, 0.4) is 0 Å². The van der Waals surface area contributed by atoms with E-state index in [1.54, 1.807) is 0 Å². The van der Waals surface area contributed by atoms with Crippen LogP contribution in [0.4, 0.5) is 5.69 Å². The van der Waals surface area contributed by atoms with Gasteiger partial charge in [0, 0.05) is 12.2 Å². The summed E-state index contributed by atoms with van der Waals surface area (Å²) in [6.45, 7) is 3.07. The number of benzene rings is 1. The molecule has 0 saturated carbocycles. The molecule has 0 aliphatic heterocycles. The van der Waals surface area contributed by atoms with Gasteiger partial charge in [-0.25, -0.2) is 0 Å². The Labute approximate surface area is 105 Å². The van der Waals surface area contributed by atoms with E-state index >= 15 is 0 Å². The quantitative estimate of drug-likeness (QED) is 0.837. The highest BCUT2D eigenvalue weighted by molar-refractivity contribution is 5.85. The molecule has 4 heteroatoms. The maximum Gasteiger partial charge on any atom is 0.0349 e. The number of hydrogen-bond acceptors (Lipinski definition) is 2. The zero-order valence-electron chi connectivity index (χ0n) is 9.49. The molecule has 1 aromatic carbocycles. The first-order valence-electron chi connectivity index (χ1n) is 4.65. The SMILES string of the molecule is CCc1ccc(CN(C)C)cc1N.Cl.Cl. The first-order chi connectivity index (χ1) is 6.13. The summed E-state index contributed by atoms with van der Waals surface area (Å²) < 4.78 is 0. The third kappa shape index (κ3) is 5.26. The Morgan fingerprint density at radius 1 is 1.20 bits per heavy atom. The fourth-order valence-electron chi connectivity index (χ4n) is 1.43. The fraction of sp³-hybridized carbons (Fsp3) is 0.455. The van der Waals surface area contributed by atoms with Crippen LogP contribution in [0, 0.1) is 0 Å². The highest BCUT2D eigenvalue weighted by Crippen LogP contribution is 2.15. The summed E-state index contributed by atoms with van der Waals surface area (Å²) in [6.07, 6.45) is 1.01. The molecule has 2 nitrogen and oxygen atoms in total. The Morgan fingerprint density at radius 3 is 2.20 bits per heavy atom. The molecule has 0 amide bonds. The molecule has 0 unspecified atom stereocenters. The molecule has 0 radical (unpaired) electrons.